The molecule has 0 bridgehead atoms. The van der Waals surface area contributed by atoms with Crippen LogP contribution in [0.2, 0.25) is 0 Å². The van der Waals surface area contributed by atoms with Crippen LogP contribution in [0.5, 0.6) is 0 Å². The molecule has 3 heteroatoms. The molecule has 0 aliphatic heterocycles. The van der Waals surface area contributed by atoms with Crippen LogP contribution in [-0.4, -0.2) is 11.8 Å². The highest BCUT2D eigenvalue weighted by Gasteiger charge is 2.22. The van der Waals surface area contributed by atoms with Gasteiger partial charge in [0.15, 0.2) is 0 Å². The molecule has 0 radical (unpaired) electrons. The zero-order valence-electron chi connectivity index (χ0n) is 15.2. The summed E-state index contributed by atoms with van der Waals surface area (Å²) in [5.74, 6) is 1.15. The van der Waals surface area contributed by atoms with E-state index in [1.54, 1.807) is 0 Å². The highest BCUT2D eigenvalue weighted by molar-refractivity contribution is 5.81. The van der Waals surface area contributed by atoms with Crippen LogP contribution in [0.25, 0.3) is 0 Å². The highest BCUT2D eigenvalue weighted by Crippen LogP contribution is 2.34. The van der Waals surface area contributed by atoms with Crippen LogP contribution in [0, 0.1) is 5.92 Å². The Labute approximate surface area is 151 Å². The molecule has 1 aromatic rings. The molecular weight excluding hydrogens is 312 g/mol. The first-order valence-corrected chi connectivity index (χ1v) is 9.99. The Balaban J connectivity index is 1.35. The van der Waals surface area contributed by atoms with E-state index in [0.717, 1.165) is 50.0 Å². The van der Waals surface area contributed by atoms with Crippen LogP contribution in [0.15, 0.2) is 24.3 Å². The summed E-state index contributed by atoms with van der Waals surface area (Å²) in [6.07, 6.45) is 11.2. The fraction of sp³-hybridized carbons (Fsp3) is 0.636. The molecule has 0 N–H and O–H groups in total. The van der Waals surface area contributed by atoms with Crippen LogP contribution in [0.4, 0.5) is 0 Å². The zero-order chi connectivity index (χ0) is 17.5. The Morgan fingerprint density at radius 1 is 1.00 bits per heavy atom. The summed E-state index contributed by atoms with van der Waals surface area (Å²) < 4.78 is 5.39. The van der Waals surface area contributed by atoms with Crippen molar-refractivity contribution in [3.8, 4) is 0 Å². The number of ether oxygens (including phenoxy) is 1. The number of hydrogen-bond acceptors (Lipinski definition) is 3. The Bertz CT molecular complexity index is 569. The van der Waals surface area contributed by atoms with Gasteiger partial charge in [0.2, 0.25) is 0 Å². The summed E-state index contributed by atoms with van der Waals surface area (Å²) in [6.45, 7) is 0.353. The van der Waals surface area contributed by atoms with E-state index in [1.807, 2.05) is 0 Å². The van der Waals surface area contributed by atoms with Crippen molar-refractivity contribution in [2.45, 2.75) is 83.2 Å². The van der Waals surface area contributed by atoms with Crippen molar-refractivity contribution in [2.24, 2.45) is 5.92 Å². The second-order valence-corrected chi connectivity index (χ2v) is 7.68. The lowest BCUT2D eigenvalue weighted by atomic mass is 9.84. The summed E-state index contributed by atoms with van der Waals surface area (Å²) in [4.78, 5) is 23.7. The van der Waals surface area contributed by atoms with Crippen molar-refractivity contribution < 1.29 is 14.3 Å². The first-order valence-electron chi connectivity index (χ1n) is 9.99. The Kier molecular flexibility index (Phi) is 6.66. The molecular formula is C22H30O3. The number of ketones is 1. The molecule has 2 fully saturated rings. The van der Waals surface area contributed by atoms with Gasteiger partial charge in [0.25, 0.3) is 0 Å². The molecule has 0 aromatic heterocycles. The van der Waals surface area contributed by atoms with E-state index < -0.39 is 0 Å². The van der Waals surface area contributed by atoms with Gasteiger partial charge in [0.05, 0.1) is 0 Å². The second kappa shape index (κ2) is 9.17. The number of rotatable bonds is 7. The average Bonchev–Trinajstić information content (AvgIpc) is 3.17. The number of carbonyl (C=O) groups is 2. The number of benzene rings is 1. The molecule has 0 saturated heterocycles. The van der Waals surface area contributed by atoms with Crippen LogP contribution in [0.3, 0.4) is 0 Å². The molecule has 25 heavy (non-hydrogen) atoms. The lowest BCUT2D eigenvalue weighted by Gasteiger charge is -2.19. The third-order valence-corrected chi connectivity index (χ3v) is 5.82. The number of hydrogen-bond donors (Lipinski definition) is 0. The minimum absolute atomic E-state index is 0.150. The summed E-state index contributed by atoms with van der Waals surface area (Å²) in [5.41, 5.74) is 2.47. The highest BCUT2D eigenvalue weighted by atomic mass is 16.5. The largest absolute Gasteiger partial charge is 0.461 e. The Morgan fingerprint density at radius 3 is 2.44 bits per heavy atom. The van der Waals surface area contributed by atoms with Crippen LogP contribution in [-0.2, 0) is 20.9 Å². The maximum Gasteiger partial charge on any atom is 0.306 e. The molecule has 2 aliphatic carbocycles. The lowest BCUT2D eigenvalue weighted by Crippen LogP contribution is -2.19. The van der Waals surface area contributed by atoms with Gasteiger partial charge in [0.1, 0.15) is 12.4 Å². The van der Waals surface area contributed by atoms with Crippen LogP contribution >= 0.6 is 0 Å². The van der Waals surface area contributed by atoms with Gasteiger partial charge in [-0.25, -0.2) is 0 Å². The monoisotopic (exact) mass is 342 g/mol. The van der Waals surface area contributed by atoms with E-state index in [0.29, 0.717) is 18.8 Å². The van der Waals surface area contributed by atoms with Gasteiger partial charge >= 0.3 is 5.97 Å². The van der Waals surface area contributed by atoms with Gasteiger partial charge in [-0.15, -0.1) is 0 Å². The zero-order valence-corrected chi connectivity index (χ0v) is 15.2. The van der Waals surface area contributed by atoms with Gasteiger partial charge in [-0.05, 0) is 55.6 Å². The number of carbonyl (C=O) groups excluding carboxylic acids is 2. The Hall–Kier alpha value is -1.64. The van der Waals surface area contributed by atoms with E-state index in [1.165, 1.54) is 31.2 Å². The van der Waals surface area contributed by atoms with Crippen molar-refractivity contribution in [2.75, 3.05) is 0 Å². The van der Waals surface area contributed by atoms with Gasteiger partial charge in [-0.2, -0.15) is 0 Å². The van der Waals surface area contributed by atoms with Gasteiger partial charge in [-0.1, -0.05) is 43.5 Å². The molecule has 2 aliphatic rings. The van der Waals surface area contributed by atoms with Crippen LogP contribution in [0.1, 0.15) is 87.7 Å². The summed E-state index contributed by atoms with van der Waals surface area (Å²) in [7, 11) is 0. The quantitative estimate of drug-likeness (QED) is 0.630. The molecule has 1 unspecified atom stereocenters. The maximum atomic E-state index is 11.9. The fourth-order valence-electron chi connectivity index (χ4n) is 4.23. The van der Waals surface area contributed by atoms with E-state index in [4.69, 9.17) is 4.74 Å². The van der Waals surface area contributed by atoms with Crippen molar-refractivity contribution in [3.63, 3.8) is 0 Å². The topological polar surface area (TPSA) is 43.4 Å². The normalized spacial score (nSPS) is 21.4. The van der Waals surface area contributed by atoms with E-state index in [2.05, 4.69) is 24.3 Å². The SMILES string of the molecule is O=C(CCCC1CCCCC1=O)OCc1ccc(C2CCCC2)cc1. The van der Waals surface area contributed by atoms with Crippen LogP contribution < -0.4 is 0 Å². The predicted molar refractivity (Wildman–Crippen MR) is 98.3 cm³/mol. The molecule has 3 rings (SSSR count). The van der Waals surface area contributed by atoms with Crippen molar-refractivity contribution in [1.29, 1.82) is 0 Å². The molecule has 1 aromatic carbocycles. The summed E-state index contributed by atoms with van der Waals surface area (Å²) in [6, 6.07) is 8.55. The summed E-state index contributed by atoms with van der Waals surface area (Å²) >= 11 is 0. The third kappa shape index (κ3) is 5.42. The standard InChI is InChI=1S/C22H30O3/c23-21-10-4-3-8-20(21)9-5-11-22(24)25-16-17-12-14-19(15-13-17)18-6-1-2-7-18/h12-15,18,20H,1-11,16H2. The molecule has 136 valence electrons. The Morgan fingerprint density at radius 2 is 1.72 bits per heavy atom. The maximum absolute atomic E-state index is 11.9. The van der Waals surface area contributed by atoms with E-state index in [9.17, 15) is 9.59 Å². The van der Waals surface area contributed by atoms with Gasteiger partial charge < -0.3 is 4.74 Å². The van der Waals surface area contributed by atoms with Crippen molar-refractivity contribution in [3.05, 3.63) is 35.4 Å². The summed E-state index contributed by atoms with van der Waals surface area (Å²) in [5, 5.41) is 0. The van der Waals surface area contributed by atoms with Gasteiger partial charge in [-0.3, -0.25) is 9.59 Å². The smallest absolute Gasteiger partial charge is 0.306 e. The van der Waals surface area contributed by atoms with Crippen molar-refractivity contribution >= 4 is 11.8 Å². The lowest BCUT2D eigenvalue weighted by molar-refractivity contribution is -0.145. The molecule has 3 nitrogen and oxygen atoms in total. The van der Waals surface area contributed by atoms with Gasteiger partial charge in [0, 0.05) is 18.8 Å². The predicted octanol–water partition coefficient (Wildman–Crippen LogP) is 5.32. The molecule has 0 heterocycles. The second-order valence-electron chi connectivity index (χ2n) is 7.68. The number of esters is 1. The molecule has 1 atom stereocenters. The first-order chi connectivity index (χ1) is 12.2. The van der Waals surface area contributed by atoms with Crippen molar-refractivity contribution in [1.82, 2.24) is 0 Å². The minimum Gasteiger partial charge on any atom is -0.461 e. The average molecular weight is 342 g/mol. The molecule has 0 spiro atoms. The van der Waals surface area contributed by atoms with E-state index >= 15 is 0 Å². The first kappa shape index (κ1) is 18.2. The molecule has 2 saturated carbocycles. The fourth-order valence-corrected chi connectivity index (χ4v) is 4.23. The third-order valence-electron chi connectivity index (χ3n) is 5.82. The number of Topliss-reactive ketones (excluding diaryl/α,β-unsaturated/α-hetero) is 1. The van der Waals surface area contributed by atoms with E-state index in [-0.39, 0.29) is 11.9 Å². The molecule has 0 amide bonds. The minimum atomic E-state index is -0.150.